The van der Waals surface area contributed by atoms with E-state index >= 15 is 0 Å². The molecule has 1 heterocycles. The van der Waals surface area contributed by atoms with Crippen molar-refractivity contribution in [3.8, 4) is 0 Å². The third-order valence-electron chi connectivity index (χ3n) is 3.75. The topological polar surface area (TPSA) is 29.5 Å². The second kappa shape index (κ2) is 4.36. The van der Waals surface area contributed by atoms with E-state index in [0.717, 1.165) is 38.8 Å². The Labute approximate surface area is 105 Å². The quantitative estimate of drug-likeness (QED) is 0.703. The van der Waals surface area contributed by atoms with Gasteiger partial charge in [-0.15, -0.1) is 0 Å². The summed E-state index contributed by atoms with van der Waals surface area (Å²) in [4.78, 5) is 13.8. The van der Waals surface area contributed by atoms with E-state index in [2.05, 4.69) is 32.6 Å². The molecule has 1 aliphatic carbocycles. The average Bonchev–Trinajstić information content (AvgIpc) is 2.13. The van der Waals surface area contributed by atoms with E-state index in [1.165, 1.54) is 0 Å². The summed E-state index contributed by atoms with van der Waals surface area (Å²) in [6.07, 6.45) is 3.60. The van der Waals surface area contributed by atoms with Crippen LogP contribution in [-0.4, -0.2) is 41.0 Å². The monoisotopic (exact) mass is 239 g/mol. The number of ether oxygens (including phenoxy) is 1. The molecule has 0 aromatic heterocycles. The lowest BCUT2D eigenvalue weighted by molar-refractivity contribution is -0.189. The Morgan fingerprint density at radius 1 is 1.06 bits per heavy atom. The van der Waals surface area contributed by atoms with E-state index in [-0.39, 0.29) is 11.2 Å². The first kappa shape index (κ1) is 13.0. The molecule has 0 aromatic rings. The van der Waals surface area contributed by atoms with Crippen LogP contribution in [-0.2, 0) is 9.53 Å². The number of hydrogen-bond donors (Lipinski definition) is 0. The first-order valence-electron chi connectivity index (χ1n) is 6.73. The number of ketones is 1. The SMILES string of the molecule is CC1(C)CN(C2CCC(=O)CC2)CC(C)(C)O1. The molecule has 2 fully saturated rings. The van der Waals surface area contributed by atoms with Gasteiger partial charge >= 0.3 is 0 Å². The van der Waals surface area contributed by atoms with Gasteiger partial charge in [-0.1, -0.05) is 0 Å². The van der Waals surface area contributed by atoms with Gasteiger partial charge < -0.3 is 4.74 Å². The predicted octanol–water partition coefficient (Wildman–Crippen LogP) is 2.39. The zero-order valence-corrected chi connectivity index (χ0v) is 11.6. The van der Waals surface area contributed by atoms with Crippen LogP contribution in [0.4, 0.5) is 0 Å². The molecule has 2 rings (SSSR count). The molecule has 0 unspecified atom stereocenters. The van der Waals surface area contributed by atoms with Crippen LogP contribution >= 0.6 is 0 Å². The van der Waals surface area contributed by atoms with E-state index in [0.29, 0.717) is 11.8 Å². The highest BCUT2D eigenvalue weighted by Gasteiger charge is 2.40. The van der Waals surface area contributed by atoms with Gasteiger partial charge in [-0.25, -0.2) is 0 Å². The van der Waals surface area contributed by atoms with Crippen LogP contribution in [0.5, 0.6) is 0 Å². The van der Waals surface area contributed by atoms with Crippen LogP contribution in [0.2, 0.25) is 0 Å². The van der Waals surface area contributed by atoms with Crippen molar-refractivity contribution in [2.24, 2.45) is 0 Å². The molecule has 0 bridgehead atoms. The Kier molecular flexibility index (Phi) is 3.34. The zero-order valence-electron chi connectivity index (χ0n) is 11.6. The molecule has 0 amide bonds. The van der Waals surface area contributed by atoms with E-state index < -0.39 is 0 Å². The lowest BCUT2D eigenvalue weighted by Gasteiger charge is -2.50. The first-order chi connectivity index (χ1) is 7.77. The number of rotatable bonds is 1. The molecule has 0 atom stereocenters. The largest absolute Gasteiger partial charge is 0.367 e. The summed E-state index contributed by atoms with van der Waals surface area (Å²) in [5.74, 6) is 0.438. The van der Waals surface area contributed by atoms with Crippen molar-refractivity contribution in [1.82, 2.24) is 4.90 Å². The molecule has 3 nitrogen and oxygen atoms in total. The lowest BCUT2D eigenvalue weighted by atomic mass is 9.89. The molecular formula is C14H25NO2. The van der Waals surface area contributed by atoms with Gasteiger partial charge in [0, 0.05) is 32.0 Å². The number of carbonyl (C=O) groups excluding carboxylic acids is 1. The maximum atomic E-state index is 11.3. The van der Waals surface area contributed by atoms with Gasteiger partial charge in [0.2, 0.25) is 0 Å². The second-order valence-corrected chi connectivity index (χ2v) is 6.80. The molecule has 98 valence electrons. The minimum Gasteiger partial charge on any atom is -0.367 e. The third-order valence-corrected chi connectivity index (χ3v) is 3.75. The molecule has 3 heteroatoms. The van der Waals surface area contributed by atoms with Gasteiger partial charge in [0.1, 0.15) is 5.78 Å². The molecule has 0 spiro atoms. The van der Waals surface area contributed by atoms with E-state index in [1.807, 2.05) is 0 Å². The highest BCUT2D eigenvalue weighted by atomic mass is 16.5. The fourth-order valence-corrected chi connectivity index (χ4v) is 3.39. The Morgan fingerprint density at radius 2 is 1.53 bits per heavy atom. The van der Waals surface area contributed by atoms with Crippen molar-refractivity contribution >= 4 is 5.78 Å². The van der Waals surface area contributed by atoms with Gasteiger partial charge in [0.15, 0.2) is 0 Å². The van der Waals surface area contributed by atoms with Crippen molar-refractivity contribution in [2.75, 3.05) is 13.1 Å². The summed E-state index contributed by atoms with van der Waals surface area (Å²) in [5, 5.41) is 0. The minimum atomic E-state index is -0.0802. The van der Waals surface area contributed by atoms with Gasteiger partial charge in [-0.05, 0) is 40.5 Å². The summed E-state index contributed by atoms with van der Waals surface area (Å²) in [5.41, 5.74) is -0.160. The molecule has 17 heavy (non-hydrogen) atoms. The zero-order chi connectivity index (χ0) is 12.7. The normalized spacial score (nSPS) is 30.5. The standard InChI is InChI=1S/C14H25NO2/c1-13(2)9-15(10-14(3,4)17-13)11-5-7-12(16)8-6-11/h11H,5-10H2,1-4H3. The second-order valence-electron chi connectivity index (χ2n) is 6.80. The van der Waals surface area contributed by atoms with Crippen molar-refractivity contribution in [3.05, 3.63) is 0 Å². The molecule has 2 aliphatic rings. The molecule has 1 aliphatic heterocycles. The van der Waals surface area contributed by atoms with Crippen molar-refractivity contribution < 1.29 is 9.53 Å². The fraction of sp³-hybridized carbons (Fsp3) is 0.929. The summed E-state index contributed by atoms with van der Waals surface area (Å²) in [7, 11) is 0. The first-order valence-corrected chi connectivity index (χ1v) is 6.73. The number of carbonyl (C=O) groups is 1. The number of morpholine rings is 1. The van der Waals surface area contributed by atoms with Crippen molar-refractivity contribution in [1.29, 1.82) is 0 Å². The van der Waals surface area contributed by atoms with Gasteiger partial charge in [0.25, 0.3) is 0 Å². The molecule has 0 aromatic carbocycles. The maximum absolute atomic E-state index is 11.3. The molecule has 0 radical (unpaired) electrons. The Hall–Kier alpha value is -0.410. The smallest absolute Gasteiger partial charge is 0.133 e. The molecule has 0 N–H and O–H groups in total. The summed E-state index contributed by atoms with van der Waals surface area (Å²) in [6.45, 7) is 10.6. The number of hydrogen-bond acceptors (Lipinski definition) is 3. The fourth-order valence-electron chi connectivity index (χ4n) is 3.39. The highest BCUT2D eigenvalue weighted by Crippen LogP contribution is 2.32. The van der Waals surface area contributed by atoms with Gasteiger partial charge in [-0.3, -0.25) is 9.69 Å². The van der Waals surface area contributed by atoms with Gasteiger partial charge in [0.05, 0.1) is 11.2 Å². The highest BCUT2D eigenvalue weighted by molar-refractivity contribution is 5.79. The van der Waals surface area contributed by atoms with Crippen LogP contribution < -0.4 is 0 Å². The number of Topliss-reactive ketones (excluding diaryl/α,β-unsaturated/α-hetero) is 1. The Bertz CT molecular complexity index is 283. The van der Waals surface area contributed by atoms with Crippen molar-refractivity contribution in [3.63, 3.8) is 0 Å². The number of nitrogens with zero attached hydrogens (tertiary/aromatic N) is 1. The lowest BCUT2D eigenvalue weighted by Crippen LogP contribution is -2.60. The van der Waals surface area contributed by atoms with Crippen molar-refractivity contribution in [2.45, 2.75) is 70.6 Å². The predicted molar refractivity (Wildman–Crippen MR) is 68.1 cm³/mol. The van der Waals surface area contributed by atoms with E-state index in [1.54, 1.807) is 0 Å². The van der Waals surface area contributed by atoms with Crippen LogP contribution in [0.15, 0.2) is 0 Å². The summed E-state index contributed by atoms with van der Waals surface area (Å²) >= 11 is 0. The molecule has 1 saturated heterocycles. The third kappa shape index (κ3) is 3.29. The molecule has 1 saturated carbocycles. The average molecular weight is 239 g/mol. The van der Waals surface area contributed by atoms with Crippen LogP contribution in [0.1, 0.15) is 53.4 Å². The Morgan fingerprint density at radius 3 is 2.00 bits per heavy atom. The van der Waals surface area contributed by atoms with E-state index in [4.69, 9.17) is 4.74 Å². The minimum absolute atomic E-state index is 0.0802. The van der Waals surface area contributed by atoms with Crippen LogP contribution in [0, 0.1) is 0 Å². The van der Waals surface area contributed by atoms with E-state index in [9.17, 15) is 4.79 Å². The maximum Gasteiger partial charge on any atom is 0.133 e. The van der Waals surface area contributed by atoms with Gasteiger partial charge in [-0.2, -0.15) is 0 Å². The summed E-state index contributed by atoms with van der Waals surface area (Å²) < 4.78 is 6.09. The van der Waals surface area contributed by atoms with Crippen LogP contribution in [0.25, 0.3) is 0 Å². The Balaban J connectivity index is 2.03. The van der Waals surface area contributed by atoms with Crippen LogP contribution in [0.3, 0.4) is 0 Å². The summed E-state index contributed by atoms with van der Waals surface area (Å²) in [6, 6.07) is 0.579. The molecular weight excluding hydrogens is 214 g/mol.